The van der Waals surface area contributed by atoms with Crippen molar-refractivity contribution in [3.63, 3.8) is 0 Å². The number of carboxylic acid groups (broad SMARTS) is 1. The molecule has 3 aromatic heterocycles. The van der Waals surface area contributed by atoms with Crippen molar-refractivity contribution < 1.29 is 14.3 Å². The number of carboxylic acids is 1. The molecule has 4 rings (SSSR count). The summed E-state index contributed by atoms with van der Waals surface area (Å²) >= 11 is 1.13. The lowest BCUT2D eigenvalue weighted by Gasteiger charge is -1.96. The smallest absolute Gasteiger partial charge is 0.417 e. The predicted molar refractivity (Wildman–Crippen MR) is 80.6 cm³/mol. The van der Waals surface area contributed by atoms with Crippen LogP contribution in [0.4, 0.5) is 0 Å². The second kappa shape index (κ2) is 4.31. The quantitative estimate of drug-likeness (QED) is 0.592. The summed E-state index contributed by atoms with van der Waals surface area (Å²) in [6.45, 7) is 1.74. The minimum absolute atomic E-state index is 0.279. The highest BCUT2D eigenvalue weighted by molar-refractivity contribution is 7.19. The zero-order chi connectivity index (χ0) is 15.4. The molecule has 8 heteroatoms. The van der Waals surface area contributed by atoms with E-state index in [4.69, 9.17) is 9.52 Å². The first-order valence-electron chi connectivity index (χ1n) is 6.38. The predicted octanol–water partition coefficient (Wildman–Crippen LogP) is 2.50. The summed E-state index contributed by atoms with van der Waals surface area (Å²) in [6, 6.07) is 5.30. The molecule has 110 valence electrons. The van der Waals surface area contributed by atoms with Gasteiger partial charge in [0.05, 0.1) is 11.2 Å². The van der Waals surface area contributed by atoms with Crippen LogP contribution in [-0.2, 0) is 0 Å². The molecule has 0 unspecified atom stereocenters. The van der Waals surface area contributed by atoms with Crippen LogP contribution in [0.25, 0.3) is 27.3 Å². The molecule has 2 N–H and O–H groups in total. The average molecular weight is 315 g/mol. The molecule has 0 aliphatic carbocycles. The van der Waals surface area contributed by atoms with Gasteiger partial charge in [-0.15, -0.1) is 0 Å². The number of thiazole rings is 1. The first kappa shape index (κ1) is 12.8. The molecule has 0 aliphatic rings. The van der Waals surface area contributed by atoms with Crippen molar-refractivity contribution in [3.05, 3.63) is 45.5 Å². The van der Waals surface area contributed by atoms with Crippen LogP contribution >= 0.6 is 11.3 Å². The van der Waals surface area contributed by atoms with Crippen molar-refractivity contribution in [1.29, 1.82) is 0 Å². The van der Waals surface area contributed by atoms with E-state index < -0.39 is 11.7 Å². The molecule has 0 bridgehead atoms. The van der Waals surface area contributed by atoms with E-state index in [-0.39, 0.29) is 4.88 Å². The number of aromatic amines is 1. The third-order valence-electron chi connectivity index (χ3n) is 3.47. The summed E-state index contributed by atoms with van der Waals surface area (Å²) in [5.41, 5.74) is 3.21. The van der Waals surface area contributed by atoms with Gasteiger partial charge in [0.2, 0.25) is 0 Å². The largest absolute Gasteiger partial charge is 0.477 e. The number of rotatable bonds is 2. The van der Waals surface area contributed by atoms with Gasteiger partial charge >= 0.3 is 11.7 Å². The van der Waals surface area contributed by atoms with Gasteiger partial charge < -0.3 is 9.52 Å². The highest BCUT2D eigenvalue weighted by atomic mass is 32.1. The van der Waals surface area contributed by atoms with Gasteiger partial charge in [0.1, 0.15) is 4.88 Å². The molecular weight excluding hydrogens is 306 g/mol. The third-order valence-corrected chi connectivity index (χ3v) is 4.61. The van der Waals surface area contributed by atoms with E-state index in [1.54, 1.807) is 29.7 Å². The maximum atomic E-state index is 11.2. The third kappa shape index (κ3) is 1.77. The number of nitrogens with one attached hydrogen (secondary N) is 1. The fourth-order valence-corrected chi connectivity index (χ4v) is 3.34. The van der Waals surface area contributed by atoms with Crippen LogP contribution in [0.1, 0.15) is 15.4 Å². The van der Waals surface area contributed by atoms with E-state index in [2.05, 4.69) is 9.97 Å². The van der Waals surface area contributed by atoms with E-state index in [9.17, 15) is 9.59 Å². The SMILES string of the molecule is Cc1c(C(=O)O)sc2nc(-c3ccc4[nH]c(=O)oc4c3)cn12. The van der Waals surface area contributed by atoms with Gasteiger partial charge in [-0.3, -0.25) is 9.38 Å². The monoisotopic (exact) mass is 315 g/mol. The number of aromatic carboxylic acids is 1. The van der Waals surface area contributed by atoms with Crippen LogP contribution in [0, 0.1) is 6.92 Å². The van der Waals surface area contributed by atoms with E-state index >= 15 is 0 Å². The van der Waals surface area contributed by atoms with Crippen molar-refractivity contribution >= 4 is 33.4 Å². The van der Waals surface area contributed by atoms with Crippen LogP contribution in [0.5, 0.6) is 0 Å². The van der Waals surface area contributed by atoms with Crippen molar-refractivity contribution in [2.45, 2.75) is 6.92 Å². The number of fused-ring (bicyclic) bond motifs is 2. The lowest BCUT2D eigenvalue weighted by molar-refractivity contribution is 0.0701. The molecule has 0 spiro atoms. The Morgan fingerprint density at radius 3 is 3.00 bits per heavy atom. The average Bonchev–Trinajstić information content (AvgIpc) is 3.11. The summed E-state index contributed by atoms with van der Waals surface area (Å²) in [5.74, 6) is -1.45. The number of aromatic nitrogens is 3. The van der Waals surface area contributed by atoms with Gasteiger partial charge in [-0.1, -0.05) is 17.4 Å². The van der Waals surface area contributed by atoms with Gasteiger partial charge in [0, 0.05) is 17.5 Å². The van der Waals surface area contributed by atoms with Crippen LogP contribution in [-0.4, -0.2) is 25.4 Å². The highest BCUT2D eigenvalue weighted by Crippen LogP contribution is 2.28. The minimum Gasteiger partial charge on any atom is -0.477 e. The Morgan fingerprint density at radius 2 is 2.27 bits per heavy atom. The highest BCUT2D eigenvalue weighted by Gasteiger charge is 2.17. The number of oxazole rings is 1. The molecule has 0 atom stereocenters. The van der Waals surface area contributed by atoms with E-state index in [0.717, 1.165) is 16.9 Å². The lowest BCUT2D eigenvalue weighted by Crippen LogP contribution is -1.96. The van der Waals surface area contributed by atoms with Crippen LogP contribution in [0.15, 0.2) is 33.6 Å². The van der Waals surface area contributed by atoms with Gasteiger partial charge in [0.15, 0.2) is 10.5 Å². The number of carbonyl (C=O) groups is 1. The number of aryl methyl sites for hydroxylation is 1. The summed E-state index contributed by atoms with van der Waals surface area (Å²) in [6.07, 6.45) is 1.78. The molecular formula is C14H9N3O4S. The minimum atomic E-state index is -0.954. The number of hydrogen-bond donors (Lipinski definition) is 2. The summed E-state index contributed by atoms with van der Waals surface area (Å²) < 4.78 is 6.79. The van der Waals surface area contributed by atoms with Crippen LogP contribution in [0.3, 0.4) is 0 Å². The molecule has 0 fully saturated rings. The van der Waals surface area contributed by atoms with E-state index in [0.29, 0.717) is 27.4 Å². The number of H-pyrrole nitrogens is 1. The summed E-state index contributed by atoms with van der Waals surface area (Å²) in [7, 11) is 0. The maximum Gasteiger partial charge on any atom is 0.417 e. The Labute approximate surface area is 126 Å². The molecule has 1 aromatic carbocycles. The van der Waals surface area contributed by atoms with E-state index in [1.807, 2.05) is 6.07 Å². The Morgan fingerprint density at radius 1 is 1.45 bits per heavy atom. The standard InChI is InChI=1S/C14H9N3O4S/c1-6-11(12(18)19)22-13-15-9(5-17(6)13)7-2-3-8-10(4-7)21-14(20)16-8/h2-5H,1H3,(H,16,20)(H,18,19). The van der Waals surface area contributed by atoms with Gasteiger partial charge in [0.25, 0.3) is 0 Å². The second-order valence-corrected chi connectivity index (χ2v) is 5.80. The zero-order valence-corrected chi connectivity index (χ0v) is 12.1. The fraction of sp³-hybridized carbons (Fsp3) is 0.0714. The normalized spacial score (nSPS) is 11.5. The maximum absolute atomic E-state index is 11.2. The first-order valence-corrected chi connectivity index (χ1v) is 7.19. The Balaban J connectivity index is 1.88. The molecule has 0 saturated heterocycles. The molecule has 4 aromatic rings. The van der Waals surface area contributed by atoms with Gasteiger partial charge in [-0.25, -0.2) is 14.6 Å². The molecule has 3 heterocycles. The second-order valence-electron chi connectivity index (χ2n) is 4.83. The van der Waals surface area contributed by atoms with Gasteiger partial charge in [-0.05, 0) is 19.1 Å². The number of imidazole rings is 1. The van der Waals surface area contributed by atoms with Crippen molar-refractivity contribution in [2.75, 3.05) is 0 Å². The first-order chi connectivity index (χ1) is 10.5. The molecule has 0 aliphatic heterocycles. The fourth-order valence-electron chi connectivity index (χ4n) is 2.39. The number of hydrogen-bond acceptors (Lipinski definition) is 5. The van der Waals surface area contributed by atoms with Crippen molar-refractivity contribution in [3.8, 4) is 11.3 Å². The molecule has 0 amide bonds. The molecule has 0 saturated carbocycles. The van der Waals surface area contributed by atoms with E-state index in [1.165, 1.54) is 0 Å². The van der Waals surface area contributed by atoms with Crippen LogP contribution in [0.2, 0.25) is 0 Å². The Bertz CT molecular complexity index is 1100. The molecule has 7 nitrogen and oxygen atoms in total. The molecule has 0 radical (unpaired) electrons. The lowest BCUT2D eigenvalue weighted by atomic mass is 10.1. The van der Waals surface area contributed by atoms with Crippen molar-refractivity contribution in [2.24, 2.45) is 0 Å². The Hall–Kier alpha value is -2.87. The zero-order valence-electron chi connectivity index (χ0n) is 11.3. The summed E-state index contributed by atoms with van der Waals surface area (Å²) in [4.78, 5) is 30.2. The van der Waals surface area contributed by atoms with Crippen molar-refractivity contribution in [1.82, 2.24) is 14.4 Å². The molecule has 22 heavy (non-hydrogen) atoms. The van der Waals surface area contributed by atoms with Crippen LogP contribution < -0.4 is 5.76 Å². The topological polar surface area (TPSA) is 101 Å². The Kier molecular flexibility index (Phi) is 2.52. The summed E-state index contributed by atoms with van der Waals surface area (Å²) in [5, 5.41) is 9.12. The number of benzene rings is 1. The number of nitrogens with zero attached hydrogens (tertiary/aromatic N) is 2. The van der Waals surface area contributed by atoms with Gasteiger partial charge in [-0.2, -0.15) is 0 Å².